The average Bonchev–Trinajstić information content (AvgIpc) is 2.71. The SMILES string of the molecule is CCOC(=O)c1cc2c(N(C)C)nc(C)cn2n1. The molecule has 2 rings (SSSR count). The summed E-state index contributed by atoms with van der Waals surface area (Å²) >= 11 is 0. The Kier molecular flexibility index (Phi) is 3.18. The summed E-state index contributed by atoms with van der Waals surface area (Å²) in [6.45, 7) is 3.99. The van der Waals surface area contributed by atoms with Gasteiger partial charge in [-0.05, 0) is 13.8 Å². The molecule has 0 atom stereocenters. The summed E-state index contributed by atoms with van der Waals surface area (Å²) in [5, 5.41) is 4.21. The van der Waals surface area contributed by atoms with Crippen LogP contribution in [0.25, 0.3) is 5.52 Å². The Hall–Kier alpha value is -2.11. The van der Waals surface area contributed by atoms with Gasteiger partial charge in [0, 0.05) is 20.2 Å². The summed E-state index contributed by atoms with van der Waals surface area (Å²) < 4.78 is 6.60. The Balaban J connectivity index is 2.56. The minimum absolute atomic E-state index is 0.298. The van der Waals surface area contributed by atoms with E-state index in [0.717, 1.165) is 17.0 Å². The van der Waals surface area contributed by atoms with Crippen molar-refractivity contribution in [2.24, 2.45) is 0 Å². The summed E-state index contributed by atoms with van der Waals surface area (Å²) in [6, 6.07) is 1.69. The van der Waals surface area contributed by atoms with E-state index in [2.05, 4.69) is 10.1 Å². The van der Waals surface area contributed by atoms with Crippen LogP contribution in [-0.4, -0.2) is 41.3 Å². The van der Waals surface area contributed by atoms with E-state index in [4.69, 9.17) is 4.74 Å². The Bertz CT molecular complexity index is 589. The van der Waals surface area contributed by atoms with Gasteiger partial charge in [-0.1, -0.05) is 0 Å². The van der Waals surface area contributed by atoms with Gasteiger partial charge in [-0.15, -0.1) is 0 Å². The summed E-state index contributed by atoms with van der Waals surface area (Å²) in [4.78, 5) is 18.0. The van der Waals surface area contributed by atoms with Crippen molar-refractivity contribution in [2.45, 2.75) is 13.8 Å². The lowest BCUT2D eigenvalue weighted by Gasteiger charge is -2.12. The molecule has 0 N–H and O–H groups in total. The highest BCUT2D eigenvalue weighted by Crippen LogP contribution is 2.19. The highest BCUT2D eigenvalue weighted by Gasteiger charge is 2.15. The molecule has 0 spiro atoms. The van der Waals surface area contributed by atoms with Crippen LogP contribution in [0.2, 0.25) is 0 Å². The van der Waals surface area contributed by atoms with Gasteiger partial charge in [-0.2, -0.15) is 5.10 Å². The van der Waals surface area contributed by atoms with Gasteiger partial charge in [0.1, 0.15) is 5.52 Å². The quantitative estimate of drug-likeness (QED) is 0.766. The van der Waals surface area contributed by atoms with Gasteiger partial charge in [-0.25, -0.2) is 14.3 Å². The molecule has 2 aromatic rings. The number of hydrogen-bond donors (Lipinski definition) is 0. The topological polar surface area (TPSA) is 59.7 Å². The first kappa shape index (κ1) is 12.3. The van der Waals surface area contributed by atoms with E-state index in [-0.39, 0.29) is 0 Å². The summed E-state index contributed by atoms with van der Waals surface area (Å²) in [7, 11) is 3.80. The second kappa shape index (κ2) is 4.64. The Morgan fingerprint density at radius 1 is 1.50 bits per heavy atom. The second-order valence-corrected chi connectivity index (χ2v) is 4.18. The third kappa shape index (κ3) is 2.13. The minimum Gasteiger partial charge on any atom is -0.461 e. The molecular formula is C12H16N4O2. The number of nitrogens with zero attached hydrogens (tertiary/aromatic N) is 4. The zero-order chi connectivity index (χ0) is 13.3. The van der Waals surface area contributed by atoms with E-state index in [9.17, 15) is 4.79 Å². The molecule has 0 aliphatic rings. The molecule has 2 aromatic heterocycles. The number of aromatic nitrogens is 3. The molecule has 0 bridgehead atoms. The van der Waals surface area contributed by atoms with Crippen LogP contribution < -0.4 is 4.90 Å². The standard InChI is InChI=1S/C12H16N4O2/c1-5-18-12(17)9-6-10-11(15(3)4)13-8(2)7-16(10)14-9/h6-7H,5H2,1-4H3. The Morgan fingerprint density at radius 3 is 2.83 bits per heavy atom. The molecule has 6 heteroatoms. The minimum atomic E-state index is -0.413. The van der Waals surface area contributed by atoms with Crippen LogP contribution in [-0.2, 0) is 4.74 Å². The molecule has 0 saturated carbocycles. The van der Waals surface area contributed by atoms with E-state index in [1.165, 1.54) is 0 Å². The molecule has 0 amide bonds. The summed E-state index contributed by atoms with van der Waals surface area (Å²) in [6.07, 6.45) is 1.78. The summed E-state index contributed by atoms with van der Waals surface area (Å²) in [5.41, 5.74) is 1.92. The van der Waals surface area contributed by atoms with E-state index in [1.807, 2.05) is 25.9 Å². The van der Waals surface area contributed by atoms with Crippen LogP contribution in [0.5, 0.6) is 0 Å². The fraction of sp³-hybridized carbons (Fsp3) is 0.417. The zero-order valence-electron chi connectivity index (χ0n) is 11.0. The van der Waals surface area contributed by atoms with Crippen molar-refractivity contribution in [2.75, 3.05) is 25.6 Å². The van der Waals surface area contributed by atoms with Gasteiger partial charge in [0.15, 0.2) is 11.5 Å². The maximum Gasteiger partial charge on any atom is 0.358 e. The van der Waals surface area contributed by atoms with Crippen LogP contribution >= 0.6 is 0 Å². The number of ether oxygens (including phenoxy) is 1. The summed E-state index contributed by atoms with van der Waals surface area (Å²) in [5.74, 6) is 0.363. The van der Waals surface area contributed by atoms with Crippen molar-refractivity contribution in [3.8, 4) is 0 Å². The van der Waals surface area contributed by atoms with Gasteiger partial charge in [-0.3, -0.25) is 0 Å². The predicted molar refractivity (Wildman–Crippen MR) is 68.0 cm³/mol. The molecule has 0 radical (unpaired) electrons. The molecule has 6 nitrogen and oxygen atoms in total. The molecule has 0 unspecified atom stereocenters. The van der Waals surface area contributed by atoms with Crippen molar-refractivity contribution >= 4 is 17.3 Å². The largest absolute Gasteiger partial charge is 0.461 e. The van der Waals surface area contributed by atoms with E-state index in [0.29, 0.717) is 12.3 Å². The number of carbonyl (C=O) groups is 1. The second-order valence-electron chi connectivity index (χ2n) is 4.18. The first-order chi connectivity index (χ1) is 8.52. The molecule has 0 saturated heterocycles. The Labute approximate surface area is 105 Å². The van der Waals surface area contributed by atoms with Crippen molar-refractivity contribution in [1.82, 2.24) is 14.6 Å². The number of aryl methyl sites for hydroxylation is 1. The molecule has 0 fully saturated rings. The lowest BCUT2D eigenvalue weighted by Crippen LogP contribution is -2.12. The third-order valence-corrected chi connectivity index (χ3v) is 2.46. The van der Waals surface area contributed by atoms with Crippen molar-refractivity contribution < 1.29 is 9.53 Å². The van der Waals surface area contributed by atoms with Gasteiger partial charge >= 0.3 is 5.97 Å². The fourth-order valence-corrected chi connectivity index (χ4v) is 1.72. The lowest BCUT2D eigenvalue weighted by atomic mass is 10.3. The van der Waals surface area contributed by atoms with Crippen LogP contribution in [0.15, 0.2) is 12.3 Å². The van der Waals surface area contributed by atoms with Gasteiger partial charge in [0.25, 0.3) is 0 Å². The van der Waals surface area contributed by atoms with Crippen molar-refractivity contribution in [1.29, 1.82) is 0 Å². The molecule has 0 aliphatic carbocycles. The first-order valence-electron chi connectivity index (χ1n) is 5.74. The van der Waals surface area contributed by atoms with Gasteiger partial charge < -0.3 is 9.64 Å². The van der Waals surface area contributed by atoms with Crippen molar-refractivity contribution in [3.05, 3.63) is 23.7 Å². The Morgan fingerprint density at radius 2 is 2.22 bits per heavy atom. The third-order valence-electron chi connectivity index (χ3n) is 2.46. The van der Waals surface area contributed by atoms with Gasteiger partial charge in [0.05, 0.1) is 18.5 Å². The molecule has 18 heavy (non-hydrogen) atoms. The highest BCUT2D eigenvalue weighted by molar-refractivity contribution is 5.90. The normalized spacial score (nSPS) is 10.7. The van der Waals surface area contributed by atoms with E-state index >= 15 is 0 Å². The van der Waals surface area contributed by atoms with Crippen LogP contribution in [0.1, 0.15) is 23.1 Å². The fourth-order valence-electron chi connectivity index (χ4n) is 1.72. The number of carbonyl (C=O) groups excluding carboxylic acids is 1. The molecule has 2 heterocycles. The van der Waals surface area contributed by atoms with Crippen LogP contribution in [0.4, 0.5) is 5.82 Å². The molecule has 0 aliphatic heterocycles. The number of esters is 1. The first-order valence-corrected chi connectivity index (χ1v) is 5.74. The lowest BCUT2D eigenvalue weighted by molar-refractivity contribution is 0.0519. The van der Waals surface area contributed by atoms with E-state index in [1.54, 1.807) is 23.7 Å². The molecule has 0 aromatic carbocycles. The number of rotatable bonds is 3. The number of anilines is 1. The molecule has 96 valence electrons. The van der Waals surface area contributed by atoms with Gasteiger partial charge in [0.2, 0.25) is 0 Å². The highest BCUT2D eigenvalue weighted by atomic mass is 16.5. The average molecular weight is 248 g/mol. The maximum absolute atomic E-state index is 11.6. The molecular weight excluding hydrogens is 232 g/mol. The zero-order valence-corrected chi connectivity index (χ0v) is 11.0. The number of fused-ring (bicyclic) bond motifs is 1. The van der Waals surface area contributed by atoms with Crippen LogP contribution in [0, 0.1) is 6.92 Å². The smallest absolute Gasteiger partial charge is 0.358 e. The van der Waals surface area contributed by atoms with E-state index < -0.39 is 5.97 Å². The predicted octanol–water partition coefficient (Wildman–Crippen LogP) is 1.28. The monoisotopic (exact) mass is 248 g/mol. The van der Waals surface area contributed by atoms with Crippen LogP contribution in [0.3, 0.4) is 0 Å². The van der Waals surface area contributed by atoms with Crippen molar-refractivity contribution in [3.63, 3.8) is 0 Å². The number of hydrogen-bond acceptors (Lipinski definition) is 5. The maximum atomic E-state index is 11.6.